The predicted octanol–water partition coefficient (Wildman–Crippen LogP) is 4.23. The molecule has 1 rings (SSSR count). The minimum atomic E-state index is -1.08. The molecule has 0 atom stereocenters. The summed E-state index contributed by atoms with van der Waals surface area (Å²) in [7, 11) is -1.08. The molecule has 0 saturated heterocycles. The predicted molar refractivity (Wildman–Crippen MR) is 63.8 cm³/mol. The molecular weight excluding hydrogens is 196 g/mol. The highest BCUT2D eigenvalue weighted by Gasteiger charge is 2.06. The van der Waals surface area contributed by atoms with Crippen LogP contribution in [0.1, 0.15) is 5.56 Å². The van der Waals surface area contributed by atoms with Crippen molar-refractivity contribution in [2.24, 2.45) is 0 Å². The molecular formula is C11H15ClSi. The average Bonchev–Trinajstić information content (AvgIpc) is 2.00. The van der Waals surface area contributed by atoms with Gasteiger partial charge in [0, 0.05) is 5.02 Å². The molecule has 0 amide bonds. The van der Waals surface area contributed by atoms with Gasteiger partial charge in [-0.3, -0.25) is 0 Å². The summed E-state index contributed by atoms with van der Waals surface area (Å²) < 4.78 is 0. The van der Waals surface area contributed by atoms with Crippen molar-refractivity contribution < 1.29 is 0 Å². The van der Waals surface area contributed by atoms with E-state index in [1.165, 1.54) is 5.56 Å². The molecule has 0 radical (unpaired) electrons. The lowest BCUT2D eigenvalue weighted by atomic mass is 10.2. The summed E-state index contributed by atoms with van der Waals surface area (Å²) in [6.45, 7) is 6.94. The van der Waals surface area contributed by atoms with Crippen LogP contribution in [0.25, 0.3) is 6.08 Å². The Labute approximate surface area is 86.3 Å². The second kappa shape index (κ2) is 4.12. The molecule has 0 aliphatic heterocycles. The second-order valence-corrected chi connectivity index (χ2v) is 9.76. The van der Waals surface area contributed by atoms with Crippen molar-refractivity contribution in [3.63, 3.8) is 0 Å². The molecule has 13 heavy (non-hydrogen) atoms. The minimum Gasteiger partial charge on any atom is -0.0944 e. The molecule has 0 unspecified atom stereocenters. The summed E-state index contributed by atoms with van der Waals surface area (Å²) in [4.78, 5) is 0. The molecule has 0 spiro atoms. The Kier molecular flexibility index (Phi) is 3.34. The third-order valence-corrected chi connectivity index (χ3v) is 3.03. The molecule has 1 aromatic carbocycles. The van der Waals surface area contributed by atoms with E-state index in [9.17, 15) is 0 Å². The Morgan fingerprint density at radius 3 is 2.46 bits per heavy atom. The fourth-order valence-electron chi connectivity index (χ4n) is 0.956. The van der Waals surface area contributed by atoms with Crippen molar-refractivity contribution in [1.29, 1.82) is 0 Å². The Balaban J connectivity index is 2.80. The van der Waals surface area contributed by atoms with Crippen molar-refractivity contribution in [1.82, 2.24) is 0 Å². The standard InChI is InChI=1S/C11H15ClSi/c1-13(2,3)8-7-10-5-4-6-11(12)9-10/h4-9H,1-3H3/b8-7-. The SMILES string of the molecule is C[Si](C)(C)/C=C\c1cccc(Cl)c1. The second-order valence-electron chi connectivity index (χ2n) is 4.25. The van der Waals surface area contributed by atoms with Gasteiger partial charge in [0.15, 0.2) is 0 Å². The third kappa shape index (κ3) is 4.30. The Morgan fingerprint density at radius 1 is 1.23 bits per heavy atom. The zero-order chi connectivity index (χ0) is 9.90. The molecule has 0 fully saturated rings. The van der Waals surface area contributed by atoms with Gasteiger partial charge in [-0.15, -0.1) is 0 Å². The van der Waals surface area contributed by atoms with E-state index in [0.717, 1.165) is 5.02 Å². The van der Waals surface area contributed by atoms with E-state index in [2.05, 4.69) is 37.5 Å². The van der Waals surface area contributed by atoms with Crippen LogP contribution in [0, 0.1) is 0 Å². The van der Waals surface area contributed by atoms with Crippen LogP contribution in [0.15, 0.2) is 30.0 Å². The van der Waals surface area contributed by atoms with Crippen molar-refractivity contribution in [2.75, 3.05) is 0 Å². The molecule has 0 N–H and O–H groups in total. The van der Waals surface area contributed by atoms with E-state index in [1.807, 2.05) is 18.2 Å². The van der Waals surface area contributed by atoms with Crippen LogP contribution >= 0.6 is 11.6 Å². The van der Waals surface area contributed by atoms with Crippen molar-refractivity contribution in [3.05, 3.63) is 40.6 Å². The number of rotatable bonds is 2. The van der Waals surface area contributed by atoms with E-state index < -0.39 is 8.07 Å². The van der Waals surface area contributed by atoms with Gasteiger partial charge < -0.3 is 0 Å². The summed E-state index contributed by atoms with van der Waals surface area (Å²) in [5.74, 6) is 0. The molecule has 0 bridgehead atoms. The largest absolute Gasteiger partial charge is 0.0944 e. The smallest absolute Gasteiger partial charge is 0.0687 e. The Bertz CT molecular complexity index is 310. The molecule has 0 aliphatic carbocycles. The summed E-state index contributed by atoms with van der Waals surface area (Å²) >= 11 is 5.87. The van der Waals surface area contributed by atoms with Gasteiger partial charge in [0.05, 0.1) is 8.07 Å². The highest BCUT2D eigenvalue weighted by Crippen LogP contribution is 2.13. The molecule has 0 aromatic heterocycles. The van der Waals surface area contributed by atoms with Gasteiger partial charge in [-0.25, -0.2) is 0 Å². The number of hydrogen-bond acceptors (Lipinski definition) is 0. The van der Waals surface area contributed by atoms with Crippen molar-refractivity contribution >= 4 is 25.8 Å². The number of hydrogen-bond donors (Lipinski definition) is 0. The van der Waals surface area contributed by atoms with Gasteiger partial charge in [-0.1, -0.05) is 55.2 Å². The highest BCUT2D eigenvalue weighted by molar-refractivity contribution is 6.81. The van der Waals surface area contributed by atoms with E-state index in [4.69, 9.17) is 11.6 Å². The average molecular weight is 211 g/mol. The first-order valence-corrected chi connectivity index (χ1v) is 8.38. The summed E-state index contributed by atoms with van der Waals surface area (Å²) in [5, 5.41) is 0.803. The van der Waals surface area contributed by atoms with Crippen LogP contribution < -0.4 is 0 Å². The van der Waals surface area contributed by atoms with Crippen LogP contribution in [-0.4, -0.2) is 8.07 Å². The maximum Gasteiger partial charge on any atom is 0.0687 e. The molecule has 0 aliphatic rings. The topological polar surface area (TPSA) is 0 Å². The number of benzene rings is 1. The van der Waals surface area contributed by atoms with E-state index >= 15 is 0 Å². The molecule has 0 nitrogen and oxygen atoms in total. The maximum absolute atomic E-state index is 5.87. The highest BCUT2D eigenvalue weighted by atomic mass is 35.5. The Morgan fingerprint density at radius 2 is 1.92 bits per heavy atom. The summed E-state index contributed by atoms with van der Waals surface area (Å²) in [6.07, 6.45) is 2.16. The zero-order valence-corrected chi connectivity index (χ0v) is 10.1. The van der Waals surface area contributed by atoms with Gasteiger partial charge in [-0.05, 0) is 17.7 Å². The monoisotopic (exact) mass is 210 g/mol. The van der Waals surface area contributed by atoms with Crippen LogP contribution in [-0.2, 0) is 0 Å². The molecule has 0 saturated carbocycles. The molecule has 0 heterocycles. The number of halogens is 1. The molecule has 70 valence electrons. The lowest BCUT2D eigenvalue weighted by Gasteiger charge is -2.07. The maximum atomic E-state index is 5.87. The lowest BCUT2D eigenvalue weighted by Crippen LogP contribution is -2.15. The van der Waals surface area contributed by atoms with Gasteiger partial charge in [-0.2, -0.15) is 0 Å². The third-order valence-electron chi connectivity index (χ3n) is 1.62. The lowest BCUT2D eigenvalue weighted by molar-refractivity contribution is 1.65. The summed E-state index contributed by atoms with van der Waals surface area (Å²) in [6, 6.07) is 7.93. The van der Waals surface area contributed by atoms with Crippen molar-refractivity contribution in [3.8, 4) is 0 Å². The normalized spacial score (nSPS) is 12.3. The molecule has 1 aromatic rings. The van der Waals surface area contributed by atoms with Gasteiger partial charge in [0.2, 0.25) is 0 Å². The molecule has 2 heteroatoms. The first-order valence-electron chi connectivity index (χ1n) is 4.42. The summed E-state index contributed by atoms with van der Waals surface area (Å²) in [5.41, 5.74) is 3.51. The quantitative estimate of drug-likeness (QED) is 0.641. The van der Waals surface area contributed by atoms with Crippen LogP contribution in [0.2, 0.25) is 24.7 Å². The fourth-order valence-corrected chi connectivity index (χ4v) is 1.85. The fraction of sp³-hybridized carbons (Fsp3) is 0.273. The van der Waals surface area contributed by atoms with Crippen molar-refractivity contribution in [2.45, 2.75) is 19.6 Å². The van der Waals surface area contributed by atoms with Gasteiger partial charge in [0.1, 0.15) is 0 Å². The minimum absolute atomic E-state index is 0.803. The van der Waals surface area contributed by atoms with Gasteiger partial charge >= 0.3 is 0 Å². The van der Waals surface area contributed by atoms with E-state index in [0.29, 0.717) is 0 Å². The van der Waals surface area contributed by atoms with E-state index in [1.54, 1.807) is 0 Å². The zero-order valence-electron chi connectivity index (χ0n) is 8.34. The van der Waals surface area contributed by atoms with Crippen LogP contribution in [0.4, 0.5) is 0 Å². The Hall–Kier alpha value is -0.533. The first kappa shape index (κ1) is 10.5. The van der Waals surface area contributed by atoms with Crippen LogP contribution in [0.5, 0.6) is 0 Å². The van der Waals surface area contributed by atoms with E-state index in [-0.39, 0.29) is 0 Å². The first-order chi connectivity index (χ1) is 5.97. The van der Waals surface area contributed by atoms with Crippen LogP contribution in [0.3, 0.4) is 0 Å². The van der Waals surface area contributed by atoms with Gasteiger partial charge in [0.25, 0.3) is 0 Å².